The van der Waals surface area contributed by atoms with Crippen LogP contribution in [0.2, 0.25) is 0 Å². The molecular formula is C23H24O3. The van der Waals surface area contributed by atoms with Gasteiger partial charge < -0.3 is 4.74 Å². The molecule has 2 aromatic carbocycles. The summed E-state index contributed by atoms with van der Waals surface area (Å²) in [5.41, 5.74) is 3.82. The predicted octanol–water partition coefficient (Wildman–Crippen LogP) is 5.26. The molecule has 0 spiro atoms. The molecule has 134 valence electrons. The standard InChI is InChI=1S/C23H24O3/c1-15-9-8-12-18(16(15)2)21-19(24)13-23(3,4)14-20(21)26-22(25)17-10-6-5-7-11-17/h5-12H,13-14H2,1-4H3. The second kappa shape index (κ2) is 6.91. The minimum atomic E-state index is -0.422. The van der Waals surface area contributed by atoms with E-state index in [4.69, 9.17) is 4.74 Å². The Bertz CT molecular complexity index is 889. The van der Waals surface area contributed by atoms with Gasteiger partial charge in [-0.15, -0.1) is 0 Å². The molecule has 0 radical (unpaired) electrons. The van der Waals surface area contributed by atoms with Crippen molar-refractivity contribution in [1.82, 2.24) is 0 Å². The topological polar surface area (TPSA) is 43.4 Å². The van der Waals surface area contributed by atoms with E-state index in [1.807, 2.05) is 52.0 Å². The largest absolute Gasteiger partial charge is 0.427 e. The van der Waals surface area contributed by atoms with Gasteiger partial charge >= 0.3 is 5.97 Å². The number of ether oxygens (including phenoxy) is 1. The first-order valence-electron chi connectivity index (χ1n) is 8.89. The highest BCUT2D eigenvalue weighted by Gasteiger charge is 2.36. The molecule has 1 aliphatic carbocycles. The van der Waals surface area contributed by atoms with Crippen molar-refractivity contribution >= 4 is 17.3 Å². The zero-order valence-corrected chi connectivity index (χ0v) is 15.8. The molecule has 0 atom stereocenters. The highest BCUT2D eigenvalue weighted by Crippen LogP contribution is 2.42. The average Bonchev–Trinajstić information content (AvgIpc) is 2.58. The molecule has 2 aromatic rings. The summed E-state index contributed by atoms with van der Waals surface area (Å²) in [5, 5.41) is 0. The molecule has 3 rings (SSSR count). The summed E-state index contributed by atoms with van der Waals surface area (Å²) in [6, 6.07) is 14.8. The van der Waals surface area contributed by atoms with Gasteiger partial charge in [0.2, 0.25) is 0 Å². The molecule has 0 fully saturated rings. The third-order valence-electron chi connectivity index (χ3n) is 4.94. The number of aryl methyl sites for hydroxylation is 1. The third kappa shape index (κ3) is 3.62. The van der Waals surface area contributed by atoms with Crippen LogP contribution in [0.15, 0.2) is 54.3 Å². The van der Waals surface area contributed by atoms with Crippen molar-refractivity contribution in [2.45, 2.75) is 40.5 Å². The van der Waals surface area contributed by atoms with Crippen molar-refractivity contribution in [1.29, 1.82) is 0 Å². The van der Waals surface area contributed by atoms with Crippen LogP contribution < -0.4 is 0 Å². The highest BCUT2D eigenvalue weighted by molar-refractivity contribution is 6.23. The molecule has 0 aliphatic heterocycles. The molecule has 1 aliphatic rings. The fraction of sp³-hybridized carbons (Fsp3) is 0.304. The molecule has 0 saturated carbocycles. The van der Waals surface area contributed by atoms with Gasteiger partial charge in [-0.2, -0.15) is 0 Å². The Labute approximate surface area is 154 Å². The predicted molar refractivity (Wildman–Crippen MR) is 103 cm³/mol. The normalized spacial score (nSPS) is 16.5. The van der Waals surface area contributed by atoms with Crippen LogP contribution in [-0.2, 0) is 9.53 Å². The minimum Gasteiger partial charge on any atom is -0.427 e. The van der Waals surface area contributed by atoms with Crippen LogP contribution >= 0.6 is 0 Å². The van der Waals surface area contributed by atoms with Gasteiger partial charge in [0.1, 0.15) is 5.76 Å². The average molecular weight is 348 g/mol. The molecule has 3 heteroatoms. The number of allylic oxidation sites excluding steroid dienone is 2. The number of esters is 1. The van der Waals surface area contributed by atoms with Crippen molar-refractivity contribution in [3.63, 3.8) is 0 Å². The van der Waals surface area contributed by atoms with Gasteiger partial charge in [0.25, 0.3) is 0 Å². The van der Waals surface area contributed by atoms with E-state index in [9.17, 15) is 9.59 Å². The maximum absolute atomic E-state index is 13.0. The number of carbonyl (C=O) groups excluding carboxylic acids is 2. The van der Waals surface area contributed by atoms with Crippen molar-refractivity contribution < 1.29 is 14.3 Å². The van der Waals surface area contributed by atoms with Crippen LogP contribution in [0.25, 0.3) is 5.57 Å². The lowest BCUT2D eigenvalue weighted by Gasteiger charge is -2.32. The lowest BCUT2D eigenvalue weighted by atomic mass is 9.74. The number of benzene rings is 2. The second-order valence-corrected chi connectivity index (χ2v) is 7.74. The third-order valence-corrected chi connectivity index (χ3v) is 4.94. The van der Waals surface area contributed by atoms with Crippen LogP contribution in [-0.4, -0.2) is 11.8 Å². The van der Waals surface area contributed by atoms with Crippen LogP contribution in [0.1, 0.15) is 53.7 Å². The van der Waals surface area contributed by atoms with Crippen LogP contribution in [0.3, 0.4) is 0 Å². The van der Waals surface area contributed by atoms with E-state index in [0.29, 0.717) is 29.7 Å². The highest BCUT2D eigenvalue weighted by atomic mass is 16.5. The molecule has 0 heterocycles. The van der Waals surface area contributed by atoms with Crippen LogP contribution in [0, 0.1) is 19.3 Å². The maximum atomic E-state index is 13.0. The van der Waals surface area contributed by atoms with Crippen LogP contribution in [0.4, 0.5) is 0 Å². The molecule has 0 saturated heterocycles. The first-order valence-corrected chi connectivity index (χ1v) is 8.89. The molecule has 26 heavy (non-hydrogen) atoms. The SMILES string of the molecule is Cc1cccc(C2=C(OC(=O)c3ccccc3)CC(C)(C)CC2=O)c1C. The van der Waals surface area contributed by atoms with Gasteiger partial charge in [-0.1, -0.05) is 50.2 Å². The Morgan fingerprint density at radius 3 is 2.35 bits per heavy atom. The van der Waals surface area contributed by atoms with E-state index in [1.54, 1.807) is 24.3 Å². The summed E-state index contributed by atoms with van der Waals surface area (Å²) in [4.78, 5) is 25.5. The van der Waals surface area contributed by atoms with Crippen molar-refractivity contribution in [2.24, 2.45) is 5.41 Å². The Morgan fingerprint density at radius 2 is 1.65 bits per heavy atom. The zero-order chi connectivity index (χ0) is 18.9. The second-order valence-electron chi connectivity index (χ2n) is 7.74. The molecular weight excluding hydrogens is 324 g/mol. The number of Topliss-reactive ketones (excluding diaryl/α,β-unsaturated/α-hetero) is 1. The summed E-state index contributed by atoms with van der Waals surface area (Å²) in [6.07, 6.45) is 1.00. The fourth-order valence-corrected chi connectivity index (χ4v) is 3.42. The number of carbonyl (C=O) groups is 2. The lowest BCUT2D eigenvalue weighted by molar-refractivity contribution is -0.116. The van der Waals surface area contributed by atoms with Gasteiger partial charge in [0.15, 0.2) is 5.78 Å². The van der Waals surface area contributed by atoms with Crippen molar-refractivity contribution in [3.8, 4) is 0 Å². The van der Waals surface area contributed by atoms with E-state index in [-0.39, 0.29) is 11.2 Å². The summed E-state index contributed by atoms with van der Waals surface area (Å²) in [7, 11) is 0. The van der Waals surface area contributed by atoms with E-state index < -0.39 is 5.97 Å². The number of ketones is 1. The van der Waals surface area contributed by atoms with Crippen molar-refractivity contribution in [2.75, 3.05) is 0 Å². The lowest BCUT2D eigenvalue weighted by Crippen LogP contribution is -2.27. The monoisotopic (exact) mass is 348 g/mol. The molecule has 0 unspecified atom stereocenters. The molecule has 0 N–H and O–H groups in total. The maximum Gasteiger partial charge on any atom is 0.343 e. The van der Waals surface area contributed by atoms with Gasteiger partial charge in [0.05, 0.1) is 11.1 Å². The van der Waals surface area contributed by atoms with Gasteiger partial charge in [-0.05, 0) is 48.1 Å². The van der Waals surface area contributed by atoms with E-state index >= 15 is 0 Å². The number of hydrogen-bond donors (Lipinski definition) is 0. The van der Waals surface area contributed by atoms with Gasteiger partial charge in [-0.3, -0.25) is 4.79 Å². The minimum absolute atomic E-state index is 0.0332. The van der Waals surface area contributed by atoms with E-state index in [2.05, 4.69) is 0 Å². The first-order chi connectivity index (χ1) is 12.3. The number of hydrogen-bond acceptors (Lipinski definition) is 3. The molecule has 0 aromatic heterocycles. The summed E-state index contributed by atoms with van der Waals surface area (Å²) < 4.78 is 5.77. The van der Waals surface area contributed by atoms with E-state index in [0.717, 1.165) is 16.7 Å². The smallest absolute Gasteiger partial charge is 0.343 e. The van der Waals surface area contributed by atoms with Crippen molar-refractivity contribution in [3.05, 3.63) is 76.5 Å². The zero-order valence-electron chi connectivity index (χ0n) is 15.8. The summed E-state index contributed by atoms with van der Waals surface area (Å²) in [6.45, 7) is 8.08. The summed E-state index contributed by atoms with van der Waals surface area (Å²) >= 11 is 0. The Hall–Kier alpha value is -2.68. The van der Waals surface area contributed by atoms with E-state index in [1.165, 1.54) is 0 Å². The quantitative estimate of drug-likeness (QED) is 0.711. The Balaban J connectivity index is 2.09. The van der Waals surface area contributed by atoms with Gasteiger partial charge in [0, 0.05) is 12.8 Å². The first kappa shape index (κ1) is 18.1. The Kier molecular flexibility index (Phi) is 4.82. The fourth-order valence-electron chi connectivity index (χ4n) is 3.42. The van der Waals surface area contributed by atoms with Crippen LogP contribution in [0.5, 0.6) is 0 Å². The summed E-state index contributed by atoms with van der Waals surface area (Å²) in [5.74, 6) is 0.0912. The molecule has 0 bridgehead atoms. The number of rotatable bonds is 3. The Morgan fingerprint density at radius 1 is 0.962 bits per heavy atom. The molecule has 0 amide bonds. The van der Waals surface area contributed by atoms with Gasteiger partial charge in [-0.25, -0.2) is 4.79 Å². The molecule has 3 nitrogen and oxygen atoms in total.